The van der Waals surface area contributed by atoms with Crippen molar-refractivity contribution in [2.75, 3.05) is 18.4 Å². The molecule has 0 spiro atoms. The standard InChI is InChI=1S/C19H33B2N3.C3H8.C2H4/c1-7-8-9-12-15-23-20(4)22(6)18-19(2,3)16-13-10-11-14-17(16)24(18)21(23)5;1-3-2;1-2/h10-11,13-14,18H,7-9,12,15H2,1-6H3;3H2,1-2H3;1-2H2. The summed E-state index contributed by atoms with van der Waals surface area (Å²) in [4.78, 5) is 5.25. The van der Waals surface area contributed by atoms with E-state index < -0.39 is 0 Å². The number of hydrogen-bond acceptors (Lipinski definition) is 3. The van der Waals surface area contributed by atoms with E-state index in [0.717, 1.165) is 0 Å². The normalized spacial score (nSPS) is 20.3. The lowest BCUT2D eigenvalue weighted by Crippen LogP contribution is -2.74. The molecule has 0 radical (unpaired) electrons. The Kier molecular flexibility index (Phi) is 10.6. The van der Waals surface area contributed by atoms with Gasteiger partial charge in [0.2, 0.25) is 0 Å². The van der Waals surface area contributed by atoms with E-state index in [-0.39, 0.29) is 5.41 Å². The van der Waals surface area contributed by atoms with Crippen LogP contribution in [0.5, 0.6) is 0 Å². The van der Waals surface area contributed by atoms with Crippen LogP contribution in [0, 0.1) is 0 Å². The highest BCUT2D eigenvalue weighted by molar-refractivity contribution is 6.74. The maximum atomic E-state index is 3.00. The van der Waals surface area contributed by atoms with Crippen molar-refractivity contribution >= 4 is 19.7 Å². The van der Waals surface area contributed by atoms with Gasteiger partial charge < -0.3 is 14.3 Å². The van der Waals surface area contributed by atoms with Gasteiger partial charge in [-0.3, -0.25) is 0 Å². The lowest BCUT2D eigenvalue weighted by atomic mass is 9.55. The number of benzene rings is 1. The quantitative estimate of drug-likeness (QED) is 0.324. The molecule has 0 aromatic heterocycles. The first kappa shape index (κ1) is 25.8. The summed E-state index contributed by atoms with van der Waals surface area (Å²) in [7, 11) is 2.31. The van der Waals surface area contributed by atoms with Crippen molar-refractivity contribution in [1.82, 2.24) is 9.53 Å². The van der Waals surface area contributed by atoms with Crippen molar-refractivity contribution in [3.8, 4) is 0 Å². The third-order valence-corrected chi connectivity index (χ3v) is 6.39. The van der Waals surface area contributed by atoms with E-state index in [4.69, 9.17) is 0 Å². The first-order valence-electron chi connectivity index (χ1n) is 11.7. The van der Waals surface area contributed by atoms with Gasteiger partial charge in [-0.15, -0.1) is 13.2 Å². The molecule has 3 rings (SSSR count). The molecule has 0 amide bonds. The summed E-state index contributed by atoms with van der Waals surface area (Å²) in [6.07, 6.45) is 7.00. The number of rotatable bonds is 5. The SMILES string of the molecule is C=C.CCC.CCCCCCN1B(C)N(C)C2N(B1C)c1ccccc1C2(C)C. The first-order chi connectivity index (χ1) is 13.8. The van der Waals surface area contributed by atoms with Gasteiger partial charge >= 0.3 is 6.98 Å². The molecule has 1 saturated heterocycles. The fraction of sp³-hybridized carbons (Fsp3) is 0.667. The van der Waals surface area contributed by atoms with E-state index in [1.54, 1.807) is 0 Å². The van der Waals surface area contributed by atoms with Crippen molar-refractivity contribution in [2.24, 2.45) is 0 Å². The fourth-order valence-electron chi connectivity index (χ4n) is 4.98. The van der Waals surface area contributed by atoms with Gasteiger partial charge in [-0.25, -0.2) is 0 Å². The molecule has 2 heterocycles. The Morgan fingerprint density at radius 3 is 2.14 bits per heavy atom. The summed E-state index contributed by atoms with van der Waals surface area (Å²) in [6.45, 7) is 24.3. The van der Waals surface area contributed by atoms with Crippen LogP contribution in [0.1, 0.15) is 72.3 Å². The number of likely N-dealkylation sites (N-methyl/N-ethyl adjacent to an activating group) is 1. The molecule has 29 heavy (non-hydrogen) atoms. The molecule has 1 aromatic rings. The van der Waals surface area contributed by atoms with Crippen LogP contribution in [-0.4, -0.2) is 43.3 Å². The van der Waals surface area contributed by atoms with Gasteiger partial charge in [-0.2, -0.15) is 0 Å². The summed E-state index contributed by atoms with van der Waals surface area (Å²) < 4.78 is 2.68. The zero-order valence-corrected chi connectivity index (χ0v) is 20.5. The molecule has 1 aromatic carbocycles. The molecule has 1 atom stereocenters. The number of hydrogen-bond donors (Lipinski definition) is 0. The van der Waals surface area contributed by atoms with E-state index in [1.807, 2.05) is 0 Å². The van der Waals surface area contributed by atoms with Crippen LogP contribution in [0.3, 0.4) is 0 Å². The summed E-state index contributed by atoms with van der Waals surface area (Å²) in [5.41, 5.74) is 3.08. The largest absolute Gasteiger partial charge is 0.386 e. The number of anilines is 1. The van der Waals surface area contributed by atoms with Crippen LogP contribution >= 0.6 is 0 Å². The highest BCUT2D eigenvalue weighted by Crippen LogP contribution is 2.48. The molecule has 2 aliphatic heterocycles. The molecule has 0 aliphatic carbocycles. The molecular formula is C24H45B2N3. The molecule has 0 bridgehead atoms. The van der Waals surface area contributed by atoms with Crippen LogP contribution in [-0.2, 0) is 5.41 Å². The molecule has 1 unspecified atom stereocenters. The summed E-state index contributed by atoms with van der Waals surface area (Å²) >= 11 is 0. The van der Waals surface area contributed by atoms with Crippen molar-refractivity contribution in [2.45, 2.75) is 91.9 Å². The van der Waals surface area contributed by atoms with E-state index >= 15 is 0 Å². The molecule has 1 fully saturated rings. The van der Waals surface area contributed by atoms with Gasteiger partial charge in [0.25, 0.3) is 6.98 Å². The number of nitrogens with zero attached hydrogens (tertiary/aromatic N) is 3. The number of fused-ring (bicyclic) bond motifs is 3. The Morgan fingerprint density at radius 1 is 0.966 bits per heavy atom. The van der Waals surface area contributed by atoms with Crippen LogP contribution in [0.25, 0.3) is 0 Å². The molecule has 0 N–H and O–H groups in total. The van der Waals surface area contributed by atoms with Crippen LogP contribution in [0.4, 0.5) is 5.69 Å². The van der Waals surface area contributed by atoms with Gasteiger partial charge in [0.15, 0.2) is 0 Å². The van der Waals surface area contributed by atoms with Crippen LogP contribution < -0.4 is 4.81 Å². The van der Waals surface area contributed by atoms with E-state index in [0.29, 0.717) is 20.1 Å². The predicted molar refractivity (Wildman–Crippen MR) is 135 cm³/mol. The second-order valence-corrected chi connectivity index (χ2v) is 8.95. The lowest BCUT2D eigenvalue weighted by molar-refractivity contribution is 0.253. The van der Waals surface area contributed by atoms with Gasteiger partial charge in [0.05, 0.1) is 6.17 Å². The minimum Gasteiger partial charge on any atom is -0.386 e. The zero-order chi connectivity index (χ0) is 22.2. The predicted octanol–water partition coefficient (Wildman–Crippen LogP) is 6.39. The summed E-state index contributed by atoms with van der Waals surface area (Å²) in [5.74, 6) is 0. The second kappa shape index (κ2) is 11.9. The molecular weight excluding hydrogens is 352 g/mol. The molecule has 2 aliphatic rings. The van der Waals surface area contributed by atoms with Crippen molar-refractivity contribution in [1.29, 1.82) is 0 Å². The van der Waals surface area contributed by atoms with Crippen LogP contribution in [0.15, 0.2) is 37.4 Å². The fourth-order valence-corrected chi connectivity index (χ4v) is 4.98. The Balaban J connectivity index is 0.000000771. The average molecular weight is 397 g/mol. The molecule has 3 nitrogen and oxygen atoms in total. The topological polar surface area (TPSA) is 9.72 Å². The second-order valence-electron chi connectivity index (χ2n) is 8.95. The van der Waals surface area contributed by atoms with E-state index in [9.17, 15) is 0 Å². The maximum absolute atomic E-state index is 3.00. The van der Waals surface area contributed by atoms with Gasteiger partial charge in [-0.1, -0.05) is 92.1 Å². The summed E-state index contributed by atoms with van der Waals surface area (Å²) in [5, 5.41) is 0. The third kappa shape index (κ3) is 5.30. The third-order valence-electron chi connectivity index (χ3n) is 6.39. The first-order valence-corrected chi connectivity index (χ1v) is 11.7. The summed E-state index contributed by atoms with van der Waals surface area (Å²) in [6, 6.07) is 9.01. The maximum Gasteiger partial charge on any atom is 0.330 e. The van der Waals surface area contributed by atoms with Gasteiger partial charge in [-0.05, 0) is 31.6 Å². The van der Waals surface area contributed by atoms with Crippen LogP contribution in [0.2, 0.25) is 13.6 Å². The highest BCUT2D eigenvalue weighted by atomic mass is 15.4. The van der Waals surface area contributed by atoms with E-state index in [1.165, 1.54) is 49.9 Å². The Labute approximate surface area is 182 Å². The highest BCUT2D eigenvalue weighted by Gasteiger charge is 2.55. The number of para-hydroxylation sites is 1. The van der Waals surface area contributed by atoms with Gasteiger partial charge in [0, 0.05) is 11.1 Å². The average Bonchev–Trinajstić information content (AvgIpc) is 2.96. The smallest absolute Gasteiger partial charge is 0.330 e. The molecule has 0 saturated carbocycles. The Hall–Kier alpha value is -1.19. The molecule has 162 valence electrons. The monoisotopic (exact) mass is 397 g/mol. The zero-order valence-electron chi connectivity index (χ0n) is 20.5. The van der Waals surface area contributed by atoms with Crippen molar-refractivity contribution in [3.05, 3.63) is 43.0 Å². The minimum atomic E-state index is 0.155. The lowest BCUT2D eigenvalue weighted by Gasteiger charge is -2.54. The van der Waals surface area contributed by atoms with Gasteiger partial charge in [0.1, 0.15) is 0 Å². The Morgan fingerprint density at radius 2 is 1.55 bits per heavy atom. The van der Waals surface area contributed by atoms with Crippen molar-refractivity contribution in [3.63, 3.8) is 0 Å². The van der Waals surface area contributed by atoms with Crippen molar-refractivity contribution < 1.29 is 0 Å². The molecule has 5 heteroatoms. The minimum absolute atomic E-state index is 0.155. The van der Waals surface area contributed by atoms with E-state index in [2.05, 4.69) is 107 Å². The Bertz CT molecular complexity index is 608. The number of unbranched alkanes of at least 4 members (excludes halogenated alkanes) is 3.